The molecule has 9 heteroatoms. The quantitative estimate of drug-likeness (QED) is 0.306. The first-order chi connectivity index (χ1) is 17.4. The van der Waals surface area contributed by atoms with E-state index in [-0.39, 0.29) is 18.6 Å². The van der Waals surface area contributed by atoms with Crippen LogP contribution in [0.5, 0.6) is 0 Å². The number of pyridine rings is 2. The lowest BCUT2D eigenvalue weighted by Gasteiger charge is -2.28. The van der Waals surface area contributed by atoms with Gasteiger partial charge in [0.1, 0.15) is 5.82 Å². The van der Waals surface area contributed by atoms with E-state index in [9.17, 15) is 14.7 Å². The number of para-hydroxylation sites is 1. The van der Waals surface area contributed by atoms with Gasteiger partial charge in [0, 0.05) is 36.3 Å². The van der Waals surface area contributed by atoms with Gasteiger partial charge in [0.25, 0.3) is 5.91 Å². The van der Waals surface area contributed by atoms with Gasteiger partial charge < -0.3 is 26.2 Å². The molecule has 3 aromatic rings. The molecule has 36 heavy (non-hydrogen) atoms. The minimum Gasteiger partial charge on any atom is -0.465 e. The highest BCUT2D eigenvalue weighted by Gasteiger charge is 2.23. The number of aromatic nitrogens is 2. The van der Waals surface area contributed by atoms with Crippen molar-refractivity contribution in [3.8, 4) is 11.3 Å². The average Bonchev–Trinajstić information content (AvgIpc) is 2.90. The number of hydrogen-bond donors (Lipinski definition) is 5. The molecule has 4 rings (SSSR count). The SMILES string of the molecule is C[C@@H](CO)Nc1ccc(-c2cc(C(=O)NCC3CCC(CNC(=O)O)CC3)c3ccccc3n2)cn1. The van der Waals surface area contributed by atoms with Gasteiger partial charge in [0.2, 0.25) is 0 Å². The fourth-order valence-corrected chi connectivity index (χ4v) is 4.64. The van der Waals surface area contributed by atoms with E-state index in [2.05, 4.69) is 20.9 Å². The number of rotatable bonds is 9. The van der Waals surface area contributed by atoms with Crippen molar-refractivity contribution in [1.82, 2.24) is 20.6 Å². The molecule has 0 saturated heterocycles. The number of nitrogens with zero attached hydrogens (tertiary/aromatic N) is 2. The van der Waals surface area contributed by atoms with Gasteiger partial charge in [-0.25, -0.2) is 14.8 Å². The smallest absolute Gasteiger partial charge is 0.404 e. The Morgan fingerprint density at radius 2 is 1.72 bits per heavy atom. The van der Waals surface area contributed by atoms with E-state index in [0.29, 0.717) is 42.0 Å². The number of benzene rings is 1. The van der Waals surface area contributed by atoms with Crippen molar-refractivity contribution >= 4 is 28.7 Å². The Morgan fingerprint density at radius 1 is 1.03 bits per heavy atom. The molecule has 1 atom stereocenters. The minimum absolute atomic E-state index is 0.0114. The van der Waals surface area contributed by atoms with Crippen LogP contribution in [0, 0.1) is 11.8 Å². The molecule has 2 heterocycles. The Kier molecular flexibility index (Phi) is 8.32. The number of carbonyl (C=O) groups excluding carboxylic acids is 1. The molecule has 0 unspecified atom stereocenters. The maximum atomic E-state index is 13.3. The van der Waals surface area contributed by atoms with Gasteiger partial charge in [-0.05, 0) is 68.7 Å². The highest BCUT2D eigenvalue weighted by molar-refractivity contribution is 6.07. The summed E-state index contributed by atoms with van der Waals surface area (Å²) in [7, 11) is 0. The summed E-state index contributed by atoms with van der Waals surface area (Å²) in [5.41, 5.74) is 2.78. The normalized spacial score (nSPS) is 18.4. The molecule has 2 aromatic heterocycles. The second-order valence-electron chi connectivity index (χ2n) is 9.52. The van der Waals surface area contributed by atoms with Crippen LogP contribution in [0.3, 0.4) is 0 Å². The third-order valence-electron chi connectivity index (χ3n) is 6.75. The summed E-state index contributed by atoms with van der Waals surface area (Å²) in [6, 6.07) is 13.0. The molecular formula is C27H33N5O4. The Hall–Kier alpha value is -3.72. The van der Waals surface area contributed by atoms with Crippen LogP contribution in [0.25, 0.3) is 22.2 Å². The van der Waals surface area contributed by atoms with E-state index in [1.807, 2.05) is 49.4 Å². The Bertz CT molecular complexity index is 1190. The number of aliphatic hydroxyl groups excluding tert-OH is 1. The van der Waals surface area contributed by atoms with Crippen LogP contribution in [-0.2, 0) is 0 Å². The number of amides is 2. The van der Waals surface area contributed by atoms with E-state index in [1.54, 1.807) is 6.20 Å². The van der Waals surface area contributed by atoms with E-state index >= 15 is 0 Å². The topological polar surface area (TPSA) is 136 Å². The number of carbonyl (C=O) groups is 2. The fraction of sp³-hybridized carbons (Fsp3) is 0.407. The van der Waals surface area contributed by atoms with Gasteiger partial charge in [-0.2, -0.15) is 0 Å². The summed E-state index contributed by atoms with van der Waals surface area (Å²) in [6.45, 7) is 2.96. The number of fused-ring (bicyclic) bond motifs is 1. The van der Waals surface area contributed by atoms with Crippen molar-refractivity contribution in [1.29, 1.82) is 0 Å². The van der Waals surface area contributed by atoms with Gasteiger partial charge in [0.05, 0.1) is 23.4 Å². The van der Waals surface area contributed by atoms with Crippen molar-refractivity contribution < 1.29 is 19.8 Å². The van der Waals surface area contributed by atoms with Crippen molar-refractivity contribution in [3.05, 3.63) is 54.2 Å². The van der Waals surface area contributed by atoms with E-state index in [1.165, 1.54) is 0 Å². The summed E-state index contributed by atoms with van der Waals surface area (Å²) in [5, 5.41) is 27.5. The molecular weight excluding hydrogens is 458 g/mol. The fourth-order valence-electron chi connectivity index (χ4n) is 4.64. The standard InChI is InChI=1S/C27H33N5O4/c1-17(16-33)31-25-11-10-20(15-28-25)24-12-22(21-4-2-3-5-23(21)32-24)26(34)29-13-18-6-8-19(9-7-18)14-30-27(35)36/h2-5,10-12,15,17-19,30,33H,6-9,13-14,16H2,1H3,(H,28,31)(H,29,34)(H,35,36)/t17-,18?,19?/m0/s1. The Morgan fingerprint density at radius 3 is 2.36 bits per heavy atom. The lowest BCUT2D eigenvalue weighted by molar-refractivity contribution is 0.0942. The van der Waals surface area contributed by atoms with E-state index in [0.717, 1.165) is 42.1 Å². The van der Waals surface area contributed by atoms with Crippen molar-refractivity contribution in [3.63, 3.8) is 0 Å². The van der Waals surface area contributed by atoms with E-state index in [4.69, 9.17) is 10.1 Å². The van der Waals surface area contributed by atoms with Crippen LogP contribution < -0.4 is 16.0 Å². The van der Waals surface area contributed by atoms with Crippen LogP contribution in [0.1, 0.15) is 43.0 Å². The van der Waals surface area contributed by atoms with Crippen molar-refractivity contribution in [2.75, 3.05) is 25.0 Å². The van der Waals surface area contributed by atoms with Crippen LogP contribution in [0.15, 0.2) is 48.7 Å². The number of aliphatic hydroxyl groups is 1. The molecule has 1 fully saturated rings. The zero-order valence-electron chi connectivity index (χ0n) is 20.4. The average molecular weight is 492 g/mol. The van der Waals surface area contributed by atoms with Gasteiger partial charge in [-0.15, -0.1) is 0 Å². The van der Waals surface area contributed by atoms with Crippen molar-refractivity contribution in [2.24, 2.45) is 11.8 Å². The third kappa shape index (κ3) is 6.48. The van der Waals surface area contributed by atoms with E-state index < -0.39 is 6.09 Å². The Labute approximate surface area is 210 Å². The van der Waals surface area contributed by atoms with Crippen LogP contribution in [0.4, 0.5) is 10.6 Å². The first-order valence-corrected chi connectivity index (χ1v) is 12.4. The molecule has 1 aliphatic rings. The largest absolute Gasteiger partial charge is 0.465 e. The summed E-state index contributed by atoms with van der Waals surface area (Å²) < 4.78 is 0. The predicted molar refractivity (Wildman–Crippen MR) is 139 cm³/mol. The van der Waals surface area contributed by atoms with Crippen LogP contribution in [-0.4, -0.2) is 57.9 Å². The summed E-state index contributed by atoms with van der Waals surface area (Å²) in [4.78, 5) is 33.2. The second-order valence-corrected chi connectivity index (χ2v) is 9.52. The zero-order chi connectivity index (χ0) is 25.5. The van der Waals surface area contributed by atoms with Gasteiger partial charge >= 0.3 is 6.09 Å². The molecule has 5 N–H and O–H groups in total. The lowest BCUT2D eigenvalue weighted by atomic mass is 9.82. The molecule has 0 radical (unpaired) electrons. The highest BCUT2D eigenvalue weighted by atomic mass is 16.4. The first-order valence-electron chi connectivity index (χ1n) is 12.4. The Balaban J connectivity index is 1.45. The zero-order valence-corrected chi connectivity index (χ0v) is 20.4. The lowest BCUT2D eigenvalue weighted by Crippen LogP contribution is -2.34. The summed E-state index contributed by atoms with van der Waals surface area (Å²) in [5.74, 6) is 1.27. The maximum absolute atomic E-state index is 13.3. The van der Waals surface area contributed by atoms with Crippen LogP contribution >= 0.6 is 0 Å². The minimum atomic E-state index is -0.979. The molecule has 1 aliphatic carbocycles. The molecule has 190 valence electrons. The summed E-state index contributed by atoms with van der Waals surface area (Å²) >= 11 is 0. The highest BCUT2D eigenvalue weighted by Crippen LogP contribution is 2.29. The molecule has 1 saturated carbocycles. The molecule has 1 aromatic carbocycles. The summed E-state index contributed by atoms with van der Waals surface area (Å²) in [6.07, 6.45) is 4.58. The van der Waals surface area contributed by atoms with Crippen molar-refractivity contribution in [2.45, 2.75) is 38.6 Å². The van der Waals surface area contributed by atoms with Gasteiger partial charge in [-0.1, -0.05) is 18.2 Å². The van der Waals surface area contributed by atoms with Gasteiger partial charge in [0.15, 0.2) is 0 Å². The molecule has 0 bridgehead atoms. The molecule has 0 spiro atoms. The molecule has 2 amide bonds. The number of carboxylic acid groups (broad SMARTS) is 1. The maximum Gasteiger partial charge on any atom is 0.404 e. The number of nitrogens with one attached hydrogen (secondary N) is 3. The molecule has 0 aliphatic heterocycles. The third-order valence-corrected chi connectivity index (χ3v) is 6.75. The molecule has 9 nitrogen and oxygen atoms in total. The first kappa shape index (κ1) is 25.4. The predicted octanol–water partition coefficient (Wildman–Crippen LogP) is 3.89. The second kappa shape index (κ2) is 11.8. The van der Waals surface area contributed by atoms with Crippen LogP contribution in [0.2, 0.25) is 0 Å². The monoisotopic (exact) mass is 491 g/mol. The van der Waals surface area contributed by atoms with Gasteiger partial charge in [-0.3, -0.25) is 4.79 Å². The number of anilines is 1. The number of hydrogen-bond acceptors (Lipinski definition) is 6.